The molecule has 0 bridgehead atoms. The first-order valence-electron chi connectivity index (χ1n) is 5.33. The molecule has 0 aliphatic rings. The Morgan fingerprint density at radius 1 is 1.21 bits per heavy atom. The van der Waals surface area contributed by atoms with E-state index in [2.05, 4.69) is 4.98 Å². The van der Waals surface area contributed by atoms with Crippen molar-refractivity contribution in [3.63, 3.8) is 0 Å². The Morgan fingerprint density at radius 2 is 1.95 bits per heavy atom. The smallest absolute Gasteiger partial charge is 0.342 e. The number of rotatable bonds is 4. The molecule has 0 atom stereocenters. The van der Waals surface area contributed by atoms with Crippen molar-refractivity contribution < 1.29 is 9.53 Å². The zero-order valence-electron chi connectivity index (χ0n) is 9.68. The minimum atomic E-state index is -0.487. The van der Waals surface area contributed by atoms with E-state index in [1.165, 1.54) is 18.0 Å². The van der Waals surface area contributed by atoms with E-state index in [1.807, 2.05) is 12.1 Å². The van der Waals surface area contributed by atoms with E-state index in [0.717, 1.165) is 4.90 Å². The maximum absolute atomic E-state index is 11.7. The largest absolute Gasteiger partial charge is 0.451 e. The van der Waals surface area contributed by atoms with Crippen LogP contribution in [0.2, 0.25) is 10.2 Å². The third-order valence-electron chi connectivity index (χ3n) is 2.21. The summed E-state index contributed by atoms with van der Waals surface area (Å²) in [6.07, 6.45) is 1.52. The Hall–Kier alpha value is -1.23. The number of ether oxygens (including phenoxy) is 1. The first kappa shape index (κ1) is 14.2. The molecule has 0 saturated carbocycles. The molecule has 0 fully saturated rings. The van der Waals surface area contributed by atoms with Crippen LogP contribution in [0.4, 0.5) is 0 Å². The highest BCUT2D eigenvalue weighted by Crippen LogP contribution is 2.21. The molecular formula is C13H9Cl2NO2S. The van der Waals surface area contributed by atoms with Crippen molar-refractivity contribution in [2.24, 2.45) is 0 Å². The zero-order chi connectivity index (χ0) is 13.7. The SMILES string of the molecule is O=C(OCSc1ccc(Cl)cc1)c1cccnc1Cl. The Morgan fingerprint density at radius 3 is 2.63 bits per heavy atom. The monoisotopic (exact) mass is 313 g/mol. The van der Waals surface area contributed by atoms with E-state index < -0.39 is 5.97 Å². The molecule has 1 aromatic heterocycles. The van der Waals surface area contributed by atoms with Crippen molar-refractivity contribution in [2.75, 3.05) is 5.94 Å². The van der Waals surface area contributed by atoms with Crippen LogP contribution in [0.5, 0.6) is 0 Å². The van der Waals surface area contributed by atoms with Crippen molar-refractivity contribution in [1.82, 2.24) is 4.98 Å². The summed E-state index contributed by atoms with van der Waals surface area (Å²) in [6, 6.07) is 10.5. The number of thioether (sulfide) groups is 1. The van der Waals surface area contributed by atoms with Gasteiger partial charge in [-0.25, -0.2) is 9.78 Å². The highest BCUT2D eigenvalue weighted by Gasteiger charge is 2.11. The summed E-state index contributed by atoms with van der Waals surface area (Å²) in [5.41, 5.74) is 0.265. The zero-order valence-corrected chi connectivity index (χ0v) is 12.0. The molecule has 3 nitrogen and oxygen atoms in total. The Labute approximate surface area is 124 Å². The Bertz CT molecular complexity index is 575. The van der Waals surface area contributed by atoms with Gasteiger partial charge in [0, 0.05) is 16.1 Å². The van der Waals surface area contributed by atoms with Gasteiger partial charge in [-0.3, -0.25) is 0 Å². The summed E-state index contributed by atoms with van der Waals surface area (Å²) >= 11 is 13.0. The van der Waals surface area contributed by atoms with Gasteiger partial charge in [0.15, 0.2) is 0 Å². The van der Waals surface area contributed by atoms with Gasteiger partial charge in [-0.1, -0.05) is 35.0 Å². The fourth-order valence-corrected chi connectivity index (χ4v) is 2.25. The molecule has 0 amide bonds. The van der Waals surface area contributed by atoms with Crippen LogP contribution < -0.4 is 0 Å². The predicted octanol–water partition coefficient (Wildman–Crippen LogP) is 4.30. The molecule has 0 radical (unpaired) electrons. The second-order valence-electron chi connectivity index (χ2n) is 3.49. The van der Waals surface area contributed by atoms with Gasteiger partial charge in [0.05, 0.1) is 5.56 Å². The van der Waals surface area contributed by atoms with Crippen LogP contribution in [0.25, 0.3) is 0 Å². The lowest BCUT2D eigenvalue weighted by Crippen LogP contribution is -2.05. The molecule has 1 aromatic carbocycles. The number of hydrogen-bond acceptors (Lipinski definition) is 4. The lowest BCUT2D eigenvalue weighted by Gasteiger charge is -2.05. The second-order valence-corrected chi connectivity index (χ2v) is 5.28. The average molecular weight is 314 g/mol. The first-order valence-corrected chi connectivity index (χ1v) is 7.07. The van der Waals surface area contributed by atoms with Crippen LogP contribution in [0.3, 0.4) is 0 Å². The quantitative estimate of drug-likeness (QED) is 0.365. The van der Waals surface area contributed by atoms with Gasteiger partial charge in [0.25, 0.3) is 0 Å². The van der Waals surface area contributed by atoms with Crippen molar-refractivity contribution in [3.8, 4) is 0 Å². The highest BCUT2D eigenvalue weighted by atomic mass is 35.5. The molecule has 1 heterocycles. The molecule has 2 aromatic rings. The number of carbonyl (C=O) groups is 1. The molecule has 2 rings (SSSR count). The van der Waals surface area contributed by atoms with Crippen molar-refractivity contribution in [3.05, 3.63) is 58.3 Å². The predicted molar refractivity (Wildman–Crippen MR) is 76.8 cm³/mol. The van der Waals surface area contributed by atoms with Crippen LogP contribution >= 0.6 is 35.0 Å². The third kappa shape index (κ3) is 4.13. The molecule has 0 N–H and O–H groups in total. The number of esters is 1. The van der Waals surface area contributed by atoms with E-state index in [-0.39, 0.29) is 16.7 Å². The van der Waals surface area contributed by atoms with Crippen LogP contribution in [0.15, 0.2) is 47.5 Å². The number of hydrogen-bond donors (Lipinski definition) is 0. The molecule has 6 heteroatoms. The number of pyridine rings is 1. The number of carbonyl (C=O) groups excluding carboxylic acids is 1. The van der Waals surface area contributed by atoms with Crippen LogP contribution in [-0.4, -0.2) is 16.9 Å². The van der Waals surface area contributed by atoms with E-state index in [0.29, 0.717) is 5.02 Å². The molecule has 19 heavy (non-hydrogen) atoms. The van der Waals surface area contributed by atoms with Gasteiger partial charge in [-0.2, -0.15) is 0 Å². The summed E-state index contributed by atoms with van der Waals surface area (Å²) < 4.78 is 5.11. The maximum atomic E-state index is 11.7. The summed E-state index contributed by atoms with van der Waals surface area (Å²) in [5, 5.41) is 0.812. The van der Waals surface area contributed by atoms with Gasteiger partial charge in [-0.05, 0) is 36.4 Å². The normalized spacial score (nSPS) is 10.2. The number of aromatic nitrogens is 1. The summed E-state index contributed by atoms with van der Waals surface area (Å²) in [4.78, 5) is 16.5. The lowest BCUT2D eigenvalue weighted by atomic mass is 10.3. The van der Waals surface area contributed by atoms with E-state index in [4.69, 9.17) is 27.9 Å². The van der Waals surface area contributed by atoms with Gasteiger partial charge >= 0.3 is 5.97 Å². The van der Waals surface area contributed by atoms with Crippen LogP contribution in [0.1, 0.15) is 10.4 Å². The number of halogens is 2. The molecule has 0 saturated heterocycles. The molecule has 0 spiro atoms. The summed E-state index contributed by atoms with van der Waals surface area (Å²) in [5.74, 6) is -0.286. The Kier molecular flexibility index (Phi) is 5.07. The standard InChI is InChI=1S/C13H9Cl2NO2S/c14-9-3-5-10(6-4-9)19-8-18-13(17)11-2-1-7-16-12(11)15/h1-7H,8H2. The number of nitrogens with zero attached hydrogens (tertiary/aromatic N) is 1. The van der Waals surface area contributed by atoms with E-state index in [1.54, 1.807) is 24.3 Å². The number of benzene rings is 1. The van der Waals surface area contributed by atoms with Crippen molar-refractivity contribution >= 4 is 40.9 Å². The first-order chi connectivity index (χ1) is 9.16. The van der Waals surface area contributed by atoms with E-state index in [9.17, 15) is 4.79 Å². The highest BCUT2D eigenvalue weighted by molar-refractivity contribution is 7.99. The van der Waals surface area contributed by atoms with Gasteiger partial charge in [0.1, 0.15) is 11.1 Å². The minimum Gasteiger partial charge on any atom is -0.451 e. The maximum Gasteiger partial charge on any atom is 0.342 e. The fourth-order valence-electron chi connectivity index (χ4n) is 1.30. The topological polar surface area (TPSA) is 39.2 Å². The fraction of sp³-hybridized carbons (Fsp3) is 0.0769. The molecule has 0 aliphatic carbocycles. The summed E-state index contributed by atoms with van der Waals surface area (Å²) in [6.45, 7) is 0. The molecule has 0 unspecified atom stereocenters. The van der Waals surface area contributed by atoms with Crippen molar-refractivity contribution in [2.45, 2.75) is 4.90 Å². The van der Waals surface area contributed by atoms with E-state index >= 15 is 0 Å². The Balaban J connectivity index is 1.88. The van der Waals surface area contributed by atoms with Crippen LogP contribution in [-0.2, 0) is 4.74 Å². The lowest BCUT2D eigenvalue weighted by molar-refractivity contribution is 0.0579. The van der Waals surface area contributed by atoms with Gasteiger partial charge < -0.3 is 4.74 Å². The van der Waals surface area contributed by atoms with Gasteiger partial charge in [0.2, 0.25) is 0 Å². The van der Waals surface area contributed by atoms with Crippen LogP contribution in [0, 0.1) is 0 Å². The summed E-state index contributed by atoms with van der Waals surface area (Å²) in [7, 11) is 0. The average Bonchev–Trinajstić information content (AvgIpc) is 2.41. The van der Waals surface area contributed by atoms with Gasteiger partial charge in [-0.15, -0.1) is 0 Å². The molecule has 0 aliphatic heterocycles. The second kappa shape index (κ2) is 6.80. The minimum absolute atomic E-state index is 0.143. The molecule has 98 valence electrons. The third-order valence-corrected chi connectivity index (χ3v) is 3.60. The molecular weight excluding hydrogens is 305 g/mol. The van der Waals surface area contributed by atoms with Crippen molar-refractivity contribution in [1.29, 1.82) is 0 Å².